The minimum Gasteiger partial charge on any atom is -0.379 e. The van der Waals surface area contributed by atoms with Gasteiger partial charge in [0.05, 0.1) is 18.8 Å². The summed E-state index contributed by atoms with van der Waals surface area (Å²) in [7, 11) is 0. The number of hydrogen-bond donors (Lipinski definition) is 1. The van der Waals surface area contributed by atoms with E-state index in [9.17, 15) is 4.79 Å². The number of aromatic nitrogens is 1. The van der Waals surface area contributed by atoms with E-state index in [0.717, 1.165) is 44.2 Å². The average molecular weight is 392 g/mol. The summed E-state index contributed by atoms with van der Waals surface area (Å²) >= 11 is 7.38. The molecule has 0 spiro atoms. The van der Waals surface area contributed by atoms with Crippen LogP contribution in [0.2, 0.25) is 5.02 Å². The van der Waals surface area contributed by atoms with Gasteiger partial charge in [0.1, 0.15) is 5.03 Å². The highest BCUT2D eigenvalue weighted by molar-refractivity contribution is 7.99. The molecule has 26 heavy (non-hydrogen) atoms. The summed E-state index contributed by atoms with van der Waals surface area (Å²) in [5.41, 5.74) is 0.596. The van der Waals surface area contributed by atoms with Crippen molar-refractivity contribution in [2.24, 2.45) is 0 Å². The van der Waals surface area contributed by atoms with Crippen LogP contribution in [0, 0.1) is 0 Å². The van der Waals surface area contributed by atoms with Crippen molar-refractivity contribution in [2.45, 2.75) is 16.3 Å². The largest absolute Gasteiger partial charge is 0.379 e. The zero-order valence-electron chi connectivity index (χ0n) is 14.5. The second kappa shape index (κ2) is 9.92. The molecule has 7 heteroatoms. The number of carbonyl (C=O) groups is 1. The fourth-order valence-electron chi connectivity index (χ4n) is 2.68. The monoisotopic (exact) mass is 391 g/mol. The van der Waals surface area contributed by atoms with Crippen LogP contribution in [0.25, 0.3) is 0 Å². The summed E-state index contributed by atoms with van der Waals surface area (Å²) in [6.07, 6.45) is 2.62. The molecule has 2 heterocycles. The van der Waals surface area contributed by atoms with Crippen LogP contribution in [-0.4, -0.2) is 55.2 Å². The summed E-state index contributed by atoms with van der Waals surface area (Å²) in [4.78, 5) is 20.3. The van der Waals surface area contributed by atoms with E-state index in [-0.39, 0.29) is 5.91 Å². The van der Waals surface area contributed by atoms with Gasteiger partial charge >= 0.3 is 0 Å². The third kappa shape index (κ3) is 5.71. The van der Waals surface area contributed by atoms with Gasteiger partial charge in [-0.05, 0) is 49.4 Å². The Bertz CT molecular complexity index is 721. The topological polar surface area (TPSA) is 54.5 Å². The number of amides is 1. The predicted octanol–water partition coefficient (Wildman–Crippen LogP) is 3.34. The Morgan fingerprint density at radius 3 is 2.77 bits per heavy atom. The lowest BCUT2D eigenvalue weighted by Gasteiger charge is -2.26. The van der Waals surface area contributed by atoms with Crippen molar-refractivity contribution < 1.29 is 9.53 Å². The summed E-state index contributed by atoms with van der Waals surface area (Å²) in [6, 6.07) is 11.1. The zero-order chi connectivity index (χ0) is 18.2. The Labute approximate surface area is 163 Å². The van der Waals surface area contributed by atoms with Crippen LogP contribution in [0.4, 0.5) is 0 Å². The number of halogens is 1. The van der Waals surface area contributed by atoms with Crippen molar-refractivity contribution in [3.8, 4) is 0 Å². The van der Waals surface area contributed by atoms with Gasteiger partial charge in [-0.15, -0.1) is 0 Å². The minimum absolute atomic E-state index is 0.0865. The Morgan fingerprint density at radius 2 is 2.00 bits per heavy atom. The van der Waals surface area contributed by atoms with Crippen molar-refractivity contribution in [2.75, 3.05) is 39.4 Å². The quantitative estimate of drug-likeness (QED) is 0.733. The average Bonchev–Trinajstić information content (AvgIpc) is 2.68. The number of hydrogen-bond acceptors (Lipinski definition) is 5. The number of benzene rings is 1. The lowest BCUT2D eigenvalue weighted by Crippen LogP contribution is -2.38. The summed E-state index contributed by atoms with van der Waals surface area (Å²) < 4.78 is 5.34. The van der Waals surface area contributed by atoms with Crippen molar-refractivity contribution >= 4 is 29.3 Å². The first kappa shape index (κ1) is 19.2. The molecule has 0 bridgehead atoms. The van der Waals surface area contributed by atoms with E-state index in [0.29, 0.717) is 22.2 Å². The van der Waals surface area contributed by atoms with Crippen LogP contribution in [0.5, 0.6) is 0 Å². The Hall–Kier alpha value is -1.60. The van der Waals surface area contributed by atoms with E-state index < -0.39 is 0 Å². The highest BCUT2D eigenvalue weighted by Crippen LogP contribution is 2.29. The molecule has 0 radical (unpaired) electrons. The normalized spacial score (nSPS) is 15.0. The fourth-order valence-corrected chi connectivity index (χ4v) is 3.69. The van der Waals surface area contributed by atoms with Crippen LogP contribution >= 0.6 is 23.4 Å². The highest BCUT2D eigenvalue weighted by atomic mass is 35.5. The molecule has 1 aromatic carbocycles. The van der Waals surface area contributed by atoms with E-state index >= 15 is 0 Å². The van der Waals surface area contributed by atoms with Gasteiger partial charge in [-0.2, -0.15) is 0 Å². The van der Waals surface area contributed by atoms with E-state index in [4.69, 9.17) is 16.3 Å². The van der Waals surface area contributed by atoms with E-state index in [1.54, 1.807) is 12.3 Å². The summed E-state index contributed by atoms with van der Waals surface area (Å²) in [5.74, 6) is -0.0865. The third-order valence-electron chi connectivity index (χ3n) is 4.08. The molecule has 138 valence electrons. The van der Waals surface area contributed by atoms with Crippen molar-refractivity contribution in [3.63, 3.8) is 0 Å². The number of pyridine rings is 1. The Morgan fingerprint density at radius 1 is 1.23 bits per heavy atom. The van der Waals surface area contributed by atoms with Gasteiger partial charge in [-0.3, -0.25) is 9.69 Å². The smallest absolute Gasteiger partial charge is 0.254 e. The molecule has 0 saturated carbocycles. The number of morpholine rings is 1. The second-order valence-electron chi connectivity index (χ2n) is 5.98. The number of carbonyl (C=O) groups excluding carboxylic acids is 1. The SMILES string of the molecule is O=C(NCCCN1CCOCC1)c1cccnc1Sc1ccc(Cl)cc1. The molecule has 1 saturated heterocycles. The maximum atomic E-state index is 12.5. The molecule has 0 atom stereocenters. The van der Waals surface area contributed by atoms with Gasteiger partial charge in [0.25, 0.3) is 5.91 Å². The van der Waals surface area contributed by atoms with E-state index in [1.165, 1.54) is 11.8 Å². The summed E-state index contributed by atoms with van der Waals surface area (Å²) in [6.45, 7) is 5.16. The highest BCUT2D eigenvalue weighted by Gasteiger charge is 2.14. The van der Waals surface area contributed by atoms with Gasteiger partial charge in [0, 0.05) is 35.7 Å². The number of nitrogens with one attached hydrogen (secondary N) is 1. The molecule has 3 rings (SSSR count). The fraction of sp³-hybridized carbons (Fsp3) is 0.368. The number of nitrogens with zero attached hydrogens (tertiary/aromatic N) is 2. The first-order chi connectivity index (χ1) is 12.7. The van der Waals surface area contributed by atoms with Crippen molar-refractivity contribution in [1.82, 2.24) is 15.2 Å². The molecule has 1 aliphatic heterocycles. The molecule has 1 N–H and O–H groups in total. The third-order valence-corrected chi connectivity index (χ3v) is 5.36. The molecule has 5 nitrogen and oxygen atoms in total. The Balaban J connectivity index is 1.52. The molecule has 0 unspecified atom stereocenters. The molecular formula is C19H22ClN3O2S. The van der Waals surface area contributed by atoms with Crippen LogP contribution in [0.1, 0.15) is 16.8 Å². The van der Waals surface area contributed by atoms with Gasteiger partial charge in [-0.1, -0.05) is 23.4 Å². The summed E-state index contributed by atoms with van der Waals surface area (Å²) in [5, 5.41) is 4.39. The van der Waals surface area contributed by atoms with Crippen LogP contribution < -0.4 is 5.32 Å². The molecule has 2 aromatic rings. The minimum atomic E-state index is -0.0865. The van der Waals surface area contributed by atoms with E-state index in [1.807, 2.05) is 30.3 Å². The van der Waals surface area contributed by atoms with Crippen LogP contribution in [0.15, 0.2) is 52.5 Å². The van der Waals surface area contributed by atoms with Crippen molar-refractivity contribution in [1.29, 1.82) is 0 Å². The molecular weight excluding hydrogens is 370 g/mol. The maximum absolute atomic E-state index is 12.5. The van der Waals surface area contributed by atoms with Crippen molar-refractivity contribution in [3.05, 3.63) is 53.2 Å². The zero-order valence-corrected chi connectivity index (χ0v) is 16.1. The van der Waals surface area contributed by atoms with Gasteiger partial charge in [0.15, 0.2) is 0 Å². The maximum Gasteiger partial charge on any atom is 0.254 e. The van der Waals surface area contributed by atoms with E-state index in [2.05, 4.69) is 15.2 Å². The first-order valence-electron chi connectivity index (χ1n) is 8.69. The van der Waals surface area contributed by atoms with Gasteiger partial charge < -0.3 is 10.1 Å². The van der Waals surface area contributed by atoms with Gasteiger partial charge in [0.2, 0.25) is 0 Å². The molecule has 1 aliphatic rings. The Kier molecular flexibility index (Phi) is 7.32. The van der Waals surface area contributed by atoms with Crippen LogP contribution in [0.3, 0.4) is 0 Å². The first-order valence-corrected chi connectivity index (χ1v) is 9.88. The number of ether oxygens (including phenoxy) is 1. The van der Waals surface area contributed by atoms with Crippen LogP contribution in [-0.2, 0) is 4.74 Å². The molecule has 1 aromatic heterocycles. The standard InChI is InChI=1S/C19H22ClN3O2S/c20-15-4-6-16(7-5-15)26-19-17(3-1-8-22-19)18(24)21-9-2-10-23-11-13-25-14-12-23/h1,3-8H,2,9-14H2,(H,21,24). The molecule has 1 amide bonds. The predicted molar refractivity (Wildman–Crippen MR) is 104 cm³/mol. The molecule has 0 aliphatic carbocycles. The number of rotatable bonds is 7. The van der Waals surface area contributed by atoms with Gasteiger partial charge in [-0.25, -0.2) is 4.98 Å². The molecule has 1 fully saturated rings. The second-order valence-corrected chi connectivity index (χ2v) is 7.47. The lowest BCUT2D eigenvalue weighted by molar-refractivity contribution is 0.0374. The lowest BCUT2D eigenvalue weighted by atomic mass is 10.2.